The van der Waals surface area contributed by atoms with Crippen molar-refractivity contribution in [2.45, 2.75) is 64.3 Å². The summed E-state index contributed by atoms with van der Waals surface area (Å²) in [5, 5.41) is 2.18. The number of nitrogens with zero attached hydrogens (tertiary/aromatic N) is 1. The van der Waals surface area contributed by atoms with E-state index in [1.165, 1.54) is 80.3 Å². The van der Waals surface area contributed by atoms with E-state index in [9.17, 15) is 4.39 Å². The fraction of sp³-hybridized carbons (Fsp3) is 0.423. The number of para-hydroxylation sites is 1. The average molecular weight is 390 g/mol. The molecule has 150 valence electrons. The van der Waals surface area contributed by atoms with Gasteiger partial charge in [-0.2, -0.15) is 0 Å². The Labute approximate surface area is 171 Å². The van der Waals surface area contributed by atoms with Crippen LogP contribution in [0.25, 0.3) is 32.8 Å². The number of pyridine rings is 1. The molecule has 1 fully saturated rings. The first-order valence-corrected chi connectivity index (χ1v) is 11.3. The van der Waals surface area contributed by atoms with Crippen LogP contribution in [0.1, 0.15) is 57.8 Å². The molecule has 1 N–H and O–H groups in total. The van der Waals surface area contributed by atoms with Crippen LogP contribution in [0.4, 0.5) is 4.39 Å². The van der Waals surface area contributed by atoms with Crippen molar-refractivity contribution in [1.29, 1.82) is 0 Å². The molecule has 2 aromatic carbocycles. The van der Waals surface area contributed by atoms with Crippen molar-refractivity contribution in [3.63, 3.8) is 0 Å². The second kappa shape index (κ2) is 8.14. The van der Waals surface area contributed by atoms with Gasteiger partial charge < -0.3 is 4.57 Å². The zero-order valence-corrected chi connectivity index (χ0v) is 17.1. The summed E-state index contributed by atoms with van der Waals surface area (Å²) in [6.45, 7) is 1.02. The first-order chi connectivity index (χ1) is 14.3. The Hall–Kier alpha value is -2.42. The molecular weight excluding hydrogens is 359 g/mol. The quantitative estimate of drug-likeness (QED) is 0.315. The molecule has 2 heterocycles. The third-order valence-corrected chi connectivity index (χ3v) is 6.80. The van der Waals surface area contributed by atoms with E-state index in [1.54, 1.807) is 6.07 Å². The number of fused-ring (bicyclic) bond motifs is 4. The molecule has 3 heteroatoms. The molecule has 2 nitrogen and oxygen atoms in total. The van der Waals surface area contributed by atoms with E-state index in [-0.39, 0.29) is 5.82 Å². The predicted molar refractivity (Wildman–Crippen MR) is 119 cm³/mol. The average Bonchev–Trinajstić information content (AvgIpc) is 3.05. The number of aromatic amines is 1. The highest BCUT2D eigenvalue weighted by molar-refractivity contribution is 6.06. The fourth-order valence-electron chi connectivity index (χ4n) is 5.25. The Morgan fingerprint density at radius 1 is 0.897 bits per heavy atom. The van der Waals surface area contributed by atoms with Gasteiger partial charge >= 0.3 is 0 Å². The minimum Gasteiger partial charge on any atom is -0.335 e. The van der Waals surface area contributed by atoms with E-state index in [4.69, 9.17) is 0 Å². The second-order valence-corrected chi connectivity index (χ2v) is 8.78. The molecule has 1 saturated carbocycles. The van der Waals surface area contributed by atoms with Gasteiger partial charge in [0.05, 0.1) is 16.3 Å². The summed E-state index contributed by atoms with van der Waals surface area (Å²) in [5.41, 5.74) is 4.58. The van der Waals surface area contributed by atoms with Crippen LogP contribution >= 0.6 is 0 Å². The molecule has 0 bridgehead atoms. The summed E-state index contributed by atoms with van der Waals surface area (Å²) in [5.74, 6) is 0.795. The molecule has 0 spiro atoms. The molecule has 0 amide bonds. The lowest BCUT2D eigenvalue weighted by Crippen LogP contribution is -2.07. The Bertz CT molecular complexity index is 1140. The Kier molecular flexibility index (Phi) is 5.22. The smallest absolute Gasteiger partial charge is 0.237 e. The summed E-state index contributed by atoms with van der Waals surface area (Å²) in [7, 11) is 0. The van der Waals surface area contributed by atoms with Gasteiger partial charge in [0, 0.05) is 12.6 Å². The molecule has 0 aliphatic heterocycles. The van der Waals surface area contributed by atoms with Crippen LogP contribution in [-0.2, 0) is 6.54 Å². The molecule has 0 atom stereocenters. The van der Waals surface area contributed by atoms with E-state index in [0.29, 0.717) is 0 Å². The van der Waals surface area contributed by atoms with Crippen LogP contribution in [0, 0.1) is 11.7 Å². The van der Waals surface area contributed by atoms with Gasteiger partial charge in [-0.1, -0.05) is 63.5 Å². The van der Waals surface area contributed by atoms with E-state index < -0.39 is 0 Å². The number of unbranched alkanes of at least 4 members (excludes halogenated alkanes) is 2. The number of aryl methyl sites for hydroxylation is 1. The lowest BCUT2D eigenvalue weighted by atomic mass is 9.85. The van der Waals surface area contributed by atoms with Crippen molar-refractivity contribution < 1.29 is 9.37 Å². The molecule has 1 aliphatic carbocycles. The third-order valence-electron chi connectivity index (χ3n) is 6.80. The number of hydrogen-bond acceptors (Lipinski definition) is 0. The Morgan fingerprint density at radius 2 is 1.76 bits per heavy atom. The fourth-order valence-corrected chi connectivity index (χ4v) is 5.25. The van der Waals surface area contributed by atoms with Gasteiger partial charge in [0.25, 0.3) is 0 Å². The monoisotopic (exact) mass is 389 g/mol. The van der Waals surface area contributed by atoms with Gasteiger partial charge in [-0.3, -0.25) is 0 Å². The number of rotatable bonds is 6. The highest BCUT2D eigenvalue weighted by atomic mass is 19.1. The zero-order valence-electron chi connectivity index (χ0n) is 17.1. The maximum atomic E-state index is 13.8. The van der Waals surface area contributed by atoms with Gasteiger partial charge in [-0.15, -0.1) is 0 Å². The van der Waals surface area contributed by atoms with Crippen LogP contribution < -0.4 is 4.98 Å². The highest BCUT2D eigenvalue weighted by Gasteiger charge is 2.18. The lowest BCUT2D eigenvalue weighted by Gasteiger charge is -2.21. The van der Waals surface area contributed by atoms with Gasteiger partial charge in [0.1, 0.15) is 11.3 Å². The van der Waals surface area contributed by atoms with E-state index in [1.807, 2.05) is 6.07 Å². The summed E-state index contributed by atoms with van der Waals surface area (Å²) in [6, 6.07) is 15.7. The summed E-state index contributed by atoms with van der Waals surface area (Å²) < 4.78 is 16.2. The topological polar surface area (TPSA) is 19.1 Å². The largest absolute Gasteiger partial charge is 0.335 e. The van der Waals surface area contributed by atoms with Crippen LogP contribution in [-0.4, -0.2) is 4.57 Å². The molecule has 0 saturated heterocycles. The van der Waals surface area contributed by atoms with E-state index in [2.05, 4.69) is 39.9 Å². The lowest BCUT2D eigenvalue weighted by molar-refractivity contribution is -0.309. The zero-order chi connectivity index (χ0) is 19.6. The van der Waals surface area contributed by atoms with Crippen molar-refractivity contribution >= 4 is 32.8 Å². The van der Waals surface area contributed by atoms with Crippen molar-refractivity contribution in [2.75, 3.05) is 0 Å². The first-order valence-electron chi connectivity index (χ1n) is 11.3. The summed E-state index contributed by atoms with van der Waals surface area (Å²) in [4.78, 5) is 3.56. The van der Waals surface area contributed by atoms with Crippen LogP contribution in [0.15, 0.2) is 48.5 Å². The number of H-pyrrole nitrogens is 1. The second-order valence-electron chi connectivity index (χ2n) is 8.78. The van der Waals surface area contributed by atoms with Gasteiger partial charge in [0.15, 0.2) is 0 Å². The van der Waals surface area contributed by atoms with Crippen molar-refractivity contribution in [2.24, 2.45) is 5.92 Å². The summed E-state index contributed by atoms with van der Waals surface area (Å²) in [6.07, 6.45) is 12.5. The summed E-state index contributed by atoms with van der Waals surface area (Å²) >= 11 is 0. The number of halogens is 1. The molecule has 5 rings (SSSR count). The van der Waals surface area contributed by atoms with E-state index in [0.717, 1.165) is 28.9 Å². The van der Waals surface area contributed by atoms with Crippen molar-refractivity contribution in [3.8, 4) is 0 Å². The Morgan fingerprint density at radius 3 is 2.66 bits per heavy atom. The molecule has 29 heavy (non-hydrogen) atoms. The number of hydrogen-bond donors (Lipinski definition) is 0. The maximum absolute atomic E-state index is 13.8. The minimum atomic E-state index is -0.185. The molecule has 4 aromatic rings. The SMILES string of the molecule is Fc1ccc2[nH+]c3c4ccccc4n(CCCCCC4CCCCC4)c3cc2c1. The highest BCUT2D eigenvalue weighted by Crippen LogP contribution is 2.30. The van der Waals surface area contributed by atoms with Crippen LogP contribution in [0.5, 0.6) is 0 Å². The first kappa shape index (κ1) is 18.6. The minimum absolute atomic E-state index is 0.185. The maximum Gasteiger partial charge on any atom is 0.237 e. The molecule has 1 aliphatic rings. The Balaban J connectivity index is 1.39. The predicted octanol–water partition coefficient (Wildman–Crippen LogP) is 7.04. The number of nitrogens with one attached hydrogen (secondary N) is 1. The van der Waals surface area contributed by atoms with Crippen molar-refractivity contribution in [3.05, 3.63) is 54.3 Å². The number of aromatic nitrogens is 2. The third kappa shape index (κ3) is 3.75. The van der Waals surface area contributed by atoms with Gasteiger partial charge in [0.2, 0.25) is 11.0 Å². The van der Waals surface area contributed by atoms with Gasteiger partial charge in [-0.05, 0) is 42.7 Å². The van der Waals surface area contributed by atoms with Crippen LogP contribution in [0.3, 0.4) is 0 Å². The molecule has 0 unspecified atom stereocenters. The molecule has 2 aromatic heterocycles. The molecule has 0 radical (unpaired) electrons. The van der Waals surface area contributed by atoms with Gasteiger partial charge in [-0.25, -0.2) is 9.37 Å². The normalized spacial score (nSPS) is 15.6. The number of benzene rings is 2. The molecular formula is C26H30FN2+. The van der Waals surface area contributed by atoms with Crippen molar-refractivity contribution in [1.82, 2.24) is 4.57 Å². The van der Waals surface area contributed by atoms with Crippen LogP contribution in [0.2, 0.25) is 0 Å². The standard InChI is InChI=1S/C26H29FN2/c27-21-14-15-23-20(17-21)18-25-26(28-23)22-12-6-7-13-24(22)29(25)16-8-2-5-11-19-9-3-1-4-10-19/h6-7,12-15,17-19H,1-5,8-11,16H2/p+1. The van der Waals surface area contributed by atoms with E-state index >= 15 is 0 Å².